The zero-order chi connectivity index (χ0) is 34.6. The van der Waals surface area contributed by atoms with E-state index in [0.29, 0.717) is 5.95 Å². The highest BCUT2D eigenvalue weighted by Crippen LogP contribution is 2.50. The summed E-state index contributed by atoms with van der Waals surface area (Å²) < 4.78 is 4.61. The number of anilines is 4. The van der Waals surface area contributed by atoms with Gasteiger partial charge in [-0.25, -0.2) is 0 Å². The molecule has 0 aliphatic carbocycles. The van der Waals surface area contributed by atoms with Crippen LogP contribution in [0.2, 0.25) is 0 Å². The van der Waals surface area contributed by atoms with E-state index in [1.807, 2.05) is 0 Å². The van der Waals surface area contributed by atoms with Crippen LogP contribution in [0.25, 0.3) is 66.4 Å². The van der Waals surface area contributed by atoms with Gasteiger partial charge in [-0.15, -0.1) is 0 Å². The SMILES string of the molecule is c1ccc2c(c1)B1N(c3nc(-n4c5ccccc5c5ccccc54)cc(-n4c5ccccc5c5ccccc54)n3)c3ccccc3N1c1ccccc1-2. The number of benzene rings is 7. The van der Waals surface area contributed by atoms with Crippen LogP contribution >= 0.6 is 0 Å². The van der Waals surface area contributed by atoms with Crippen molar-refractivity contribution in [2.24, 2.45) is 0 Å². The van der Waals surface area contributed by atoms with Gasteiger partial charge in [0.25, 0.3) is 0 Å². The normalized spacial score (nSPS) is 13.2. The van der Waals surface area contributed by atoms with Gasteiger partial charge in [-0.05, 0) is 53.5 Å². The highest BCUT2D eigenvalue weighted by atomic mass is 15.4. The van der Waals surface area contributed by atoms with Crippen molar-refractivity contribution in [1.29, 1.82) is 0 Å². The van der Waals surface area contributed by atoms with E-state index in [9.17, 15) is 0 Å². The van der Waals surface area contributed by atoms with Crippen LogP contribution in [-0.2, 0) is 0 Å². The second-order valence-corrected chi connectivity index (χ2v) is 13.8. The predicted molar refractivity (Wildman–Crippen MR) is 219 cm³/mol. The molecule has 0 N–H and O–H groups in total. The lowest BCUT2D eigenvalue weighted by molar-refractivity contribution is 0.978. The molecule has 0 fully saturated rings. The van der Waals surface area contributed by atoms with Gasteiger partial charge in [-0.2, -0.15) is 9.97 Å². The van der Waals surface area contributed by atoms with Crippen molar-refractivity contribution in [2.45, 2.75) is 0 Å². The monoisotopic (exact) mass is 676 g/mol. The molecule has 0 radical (unpaired) electrons. The van der Waals surface area contributed by atoms with E-state index in [1.165, 1.54) is 43.8 Å². The highest BCUT2D eigenvalue weighted by molar-refractivity contribution is 6.86. The topological polar surface area (TPSA) is 42.1 Å². The molecule has 0 spiro atoms. The average Bonchev–Trinajstić information content (AvgIpc) is 3.87. The van der Waals surface area contributed by atoms with E-state index < -0.39 is 0 Å². The minimum absolute atomic E-state index is 0.196. The molecule has 5 heterocycles. The summed E-state index contributed by atoms with van der Waals surface area (Å²) in [6.45, 7) is -0.196. The maximum atomic E-state index is 5.58. The molecule has 2 aliphatic rings. The third kappa shape index (κ3) is 3.88. The van der Waals surface area contributed by atoms with E-state index in [4.69, 9.17) is 9.97 Å². The van der Waals surface area contributed by atoms with E-state index in [0.717, 1.165) is 45.1 Å². The second kappa shape index (κ2) is 10.7. The van der Waals surface area contributed by atoms with Crippen molar-refractivity contribution in [1.82, 2.24) is 19.1 Å². The Balaban J connectivity index is 1.20. The number of aromatic nitrogens is 4. The third-order valence-corrected chi connectivity index (χ3v) is 11.1. The Labute approximate surface area is 305 Å². The Morgan fingerprint density at radius 1 is 0.358 bits per heavy atom. The number of hydrogen-bond acceptors (Lipinski definition) is 4. The lowest BCUT2D eigenvalue weighted by Crippen LogP contribution is -2.56. The molecule has 2 aliphatic heterocycles. The molecule has 0 amide bonds. The van der Waals surface area contributed by atoms with Crippen molar-refractivity contribution in [3.8, 4) is 22.8 Å². The van der Waals surface area contributed by atoms with Crippen LogP contribution in [0.1, 0.15) is 0 Å². The first-order valence-electron chi connectivity index (χ1n) is 18.1. The summed E-state index contributed by atoms with van der Waals surface area (Å²) in [5.41, 5.74) is 11.4. The van der Waals surface area contributed by atoms with Crippen LogP contribution in [-0.4, -0.2) is 26.1 Å². The van der Waals surface area contributed by atoms with Crippen molar-refractivity contribution < 1.29 is 0 Å². The lowest BCUT2D eigenvalue weighted by atomic mass is 9.60. The van der Waals surface area contributed by atoms with Crippen LogP contribution < -0.4 is 15.1 Å². The molecular weight excluding hydrogens is 647 g/mol. The average molecular weight is 677 g/mol. The fraction of sp³-hybridized carbons (Fsp3) is 0. The zero-order valence-corrected chi connectivity index (χ0v) is 28.5. The Morgan fingerprint density at radius 3 is 1.28 bits per heavy atom. The molecule has 0 saturated carbocycles. The number of nitrogens with zero attached hydrogens (tertiary/aromatic N) is 6. The van der Waals surface area contributed by atoms with Gasteiger partial charge in [0.15, 0.2) is 0 Å². The maximum absolute atomic E-state index is 5.58. The first-order chi connectivity index (χ1) is 26.3. The molecule has 0 unspecified atom stereocenters. The van der Waals surface area contributed by atoms with Crippen molar-refractivity contribution in [3.63, 3.8) is 0 Å². The van der Waals surface area contributed by atoms with Gasteiger partial charge >= 0.3 is 6.98 Å². The zero-order valence-electron chi connectivity index (χ0n) is 28.5. The lowest BCUT2D eigenvalue weighted by Gasteiger charge is -2.35. The molecule has 12 rings (SSSR count). The molecule has 246 valence electrons. The fourth-order valence-electron chi connectivity index (χ4n) is 8.97. The highest BCUT2D eigenvalue weighted by Gasteiger charge is 2.48. The Bertz CT molecular complexity index is 2880. The molecule has 0 bridgehead atoms. The molecule has 0 saturated heterocycles. The summed E-state index contributed by atoms with van der Waals surface area (Å²) in [6.07, 6.45) is 0. The molecule has 10 aromatic rings. The van der Waals surface area contributed by atoms with E-state index in [2.05, 4.69) is 195 Å². The van der Waals surface area contributed by atoms with Crippen LogP contribution in [0.5, 0.6) is 0 Å². The number of para-hydroxylation sites is 7. The Hall–Kier alpha value is -7.12. The van der Waals surface area contributed by atoms with Gasteiger partial charge in [-0.1, -0.05) is 127 Å². The molecule has 7 aromatic carbocycles. The van der Waals surface area contributed by atoms with Crippen molar-refractivity contribution >= 4 is 79.1 Å². The van der Waals surface area contributed by atoms with Gasteiger partial charge < -0.3 is 9.62 Å². The molecular formula is C46H29BN6. The molecule has 7 heteroatoms. The van der Waals surface area contributed by atoms with Crippen LogP contribution in [0.3, 0.4) is 0 Å². The summed E-state index contributed by atoms with van der Waals surface area (Å²) in [5, 5.41) is 4.77. The van der Waals surface area contributed by atoms with Gasteiger partial charge in [-0.3, -0.25) is 9.13 Å². The summed E-state index contributed by atoms with van der Waals surface area (Å²) in [5.74, 6) is 2.25. The van der Waals surface area contributed by atoms with Crippen LogP contribution in [0.15, 0.2) is 176 Å². The number of hydrogen-bond donors (Lipinski definition) is 0. The molecule has 53 heavy (non-hydrogen) atoms. The summed E-state index contributed by atoms with van der Waals surface area (Å²) in [4.78, 5) is 16.0. The van der Waals surface area contributed by atoms with Gasteiger partial charge in [0.05, 0.1) is 33.4 Å². The second-order valence-electron chi connectivity index (χ2n) is 13.8. The number of rotatable bonds is 3. The van der Waals surface area contributed by atoms with Crippen LogP contribution in [0.4, 0.5) is 23.0 Å². The van der Waals surface area contributed by atoms with Crippen molar-refractivity contribution in [3.05, 3.63) is 176 Å². The van der Waals surface area contributed by atoms with Crippen molar-refractivity contribution in [2.75, 3.05) is 9.62 Å². The van der Waals surface area contributed by atoms with E-state index in [1.54, 1.807) is 0 Å². The van der Waals surface area contributed by atoms with E-state index in [-0.39, 0.29) is 6.98 Å². The third-order valence-electron chi connectivity index (χ3n) is 11.1. The summed E-state index contributed by atoms with van der Waals surface area (Å²) >= 11 is 0. The van der Waals surface area contributed by atoms with Gasteiger partial charge in [0, 0.05) is 38.9 Å². The first kappa shape index (κ1) is 28.6. The molecule has 0 atom stereocenters. The van der Waals surface area contributed by atoms with Crippen LogP contribution in [0, 0.1) is 0 Å². The quantitative estimate of drug-likeness (QED) is 0.175. The standard InChI is InChI=1S/C46H29BN6/c1-7-21-36-30(15-1)31-16-6-12-26-41(31)52-42-27-13-14-28-43(42)53(47(36)52)46-48-44(50-37-22-8-2-17-32(37)33-18-3-9-23-38(33)50)29-45(49-46)51-39-24-10-4-19-34(39)35-20-5-11-25-40(35)51/h1-29H. The number of fused-ring (bicyclic) bond motifs is 14. The summed E-state index contributed by atoms with van der Waals surface area (Å²) in [6, 6.07) is 62.8. The summed E-state index contributed by atoms with van der Waals surface area (Å²) in [7, 11) is 0. The minimum Gasteiger partial charge on any atom is -0.359 e. The van der Waals surface area contributed by atoms with Gasteiger partial charge in [0.1, 0.15) is 11.6 Å². The largest absolute Gasteiger partial charge is 0.423 e. The molecule has 3 aromatic heterocycles. The fourth-order valence-corrected chi connectivity index (χ4v) is 8.97. The van der Waals surface area contributed by atoms with Gasteiger partial charge in [0.2, 0.25) is 5.95 Å². The smallest absolute Gasteiger partial charge is 0.359 e. The predicted octanol–water partition coefficient (Wildman–Crippen LogP) is 10.3. The maximum Gasteiger partial charge on any atom is 0.423 e. The van der Waals surface area contributed by atoms with E-state index >= 15 is 0 Å². The first-order valence-corrected chi connectivity index (χ1v) is 18.1. The molecule has 6 nitrogen and oxygen atoms in total. The Kier molecular flexibility index (Phi) is 5.77. The Morgan fingerprint density at radius 2 is 0.755 bits per heavy atom. The minimum atomic E-state index is -0.196.